The van der Waals surface area contributed by atoms with Gasteiger partial charge >= 0.3 is 6.01 Å². The van der Waals surface area contributed by atoms with Gasteiger partial charge in [-0.05, 0) is 17.7 Å². The summed E-state index contributed by atoms with van der Waals surface area (Å²) in [6.45, 7) is 0.464. The fraction of sp³-hybridized carbons (Fsp3) is 0.176. The SMILES string of the molecule is COc1ncc(-c2nccnc2NCc2ccc(F)cc2)c(OC)n1. The van der Waals surface area contributed by atoms with Gasteiger partial charge in [0.05, 0.1) is 19.8 Å². The molecular weight excluding hydrogens is 325 g/mol. The molecule has 1 aromatic carbocycles. The maximum Gasteiger partial charge on any atom is 0.319 e. The number of halogens is 1. The summed E-state index contributed by atoms with van der Waals surface area (Å²) in [6, 6.07) is 6.43. The number of aromatic nitrogens is 4. The third-order valence-electron chi connectivity index (χ3n) is 3.43. The van der Waals surface area contributed by atoms with E-state index in [1.165, 1.54) is 26.4 Å². The van der Waals surface area contributed by atoms with Crippen molar-refractivity contribution in [1.29, 1.82) is 0 Å². The fourth-order valence-corrected chi connectivity index (χ4v) is 2.22. The van der Waals surface area contributed by atoms with E-state index in [-0.39, 0.29) is 11.8 Å². The Balaban J connectivity index is 1.89. The molecule has 0 radical (unpaired) electrons. The Kier molecular flexibility index (Phi) is 4.98. The number of hydrogen-bond acceptors (Lipinski definition) is 7. The minimum atomic E-state index is -0.274. The van der Waals surface area contributed by atoms with Crippen molar-refractivity contribution in [3.05, 3.63) is 54.2 Å². The monoisotopic (exact) mass is 341 g/mol. The van der Waals surface area contributed by atoms with Crippen molar-refractivity contribution in [2.24, 2.45) is 0 Å². The van der Waals surface area contributed by atoms with Crippen molar-refractivity contribution in [3.8, 4) is 23.1 Å². The van der Waals surface area contributed by atoms with Crippen LogP contribution in [-0.2, 0) is 6.54 Å². The van der Waals surface area contributed by atoms with Crippen LogP contribution in [-0.4, -0.2) is 34.2 Å². The Bertz CT molecular complexity index is 858. The molecule has 0 aliphatic carbocycles. The van der Waals surface area contributed by atoms with Crippen LogP contribution in [0.1, 0.15) is 5.56 Å². The fourth-order valence-electron chi connectivity index (χ4n) is 2.22. The lowest BCUT2D eigenvalue weighted by Gasteiger charge is -2.12. The average Bonchev–Trinajstić information content (AvgIpc) is 2.67. The number of rotatable bonds is 6. The van der Waals surface area contributed by atoms with Gasteiger partial charge in [-0.1, -0.05) is 12.1 Å². The van der Waals surface area contributed by atoms with Crippen LogP contribution in [0.4, 0.5) is 10.2 Å². The Hall–Kier alpha value is -3.29. The van der Waals surface area contributed by atoms with E-state index in [2.05, 4.69) is 25.3 Å². The Morgan fingerprint density at radius 3 is 2.48 bits per heavy atom. The smallest absolute Gasteiger partial charge is 0.319 e. The molecular formula is C17H16FN5O2. The second-order valence-corrected chi connectivity index (χ2v) is 5.01. The van der Waals surface area contributed by atoms with Crippen molar-refractivity contribution in [1.82, 2.24) is 19.9 Å². The quantitative estimate of drug-likeness (QED) is 0.738. The maximum atomic E-state index is 13.0. The first-order valence-electron chi connectivity index (χ1n) is 7.46. The zero-order valence-corrected chi connectivity index (χ0v) is 13.7. The van der Waals surface area contributed by atoms with E-state index in [9.17, 15) is 4.39 Å². The third kappa shape index (κ3) is 3.79. The first-order chi connectivity index (χ1) is 12.2. The molecule has 0 aliphatic rings. The predicted octanol–water partition coefficient (Wildman–Crippen LogP) is 2.70. The highest BCUT2D eigenvalue weighted by Crippen LogP contribution is 2.31. The van der Waals surface area contributed by atoms with Gasteiger partial charge in [-0.2, -0.15) is 4.98 Å². The van der Waals surface area contributed by atoms with Crippen LogP contribution in [0, 0.1) is 5.82 Å². The maximum absolute atomic E-state index is 13.0. The third-order valence-corrected chi connectivity index (χ3v) is 3.43. The summed E-state index contributed by atoms with van der Waals surface area (Å²) in [5, 5.41) is 3.19. The topological polar surface area (TPSA) is 82.1 Å². The molecule has 128 valence electrons. The summed E-state index contributed by atoms with van der Waals surface area (Å²) in [4.78, 5) is 16.9. The van der Waals surface area contributed by atoms with E-state index >= 15 is 0 Å². The standard InChI is InChI=1S/C17H16FN5O2/c1-24-16-13(10-22-17(23-16)25-2)14-15(20-8-7-19-14)21-9-11-3-5-12(18)6-4-11/h3-8,10H,9H2,1-2H3,(H,20,21). The molecule has 0 saturated heterocycles. The number of nitrogens with one attached hydrogen (secondary N) is 1. The van der Waals surface area contributed by atoms with Gasteiger partial charge in [0.15, 0.2) is 5.82 Å². The molecule has 25 heavy (non-hydrogen) atoms. The molecule has 0 saturated carbocycles. The lowest BCUT2D eigenvalue weighted by Crippen LogP contribution is -2.05. The van der Waals surface area contributed by atoms with Crippen molar-refractivity contribution >= 4 is 5.82 Å². The van der Waals surface area contributed by atoms with Crippen LogP contribution in [0.3, 0.4) is 0 Å². The number of anilines is 1. The van der Waals surface area contributed by atoms with Crippen LogP contribution in [0.25, 0.3) is 11.3 Å². The van der Waals surface area contributed by atoms with Gasteiger partial charge in [-0.3, -0.25) is 4.98 Å². The summed E-state index contributed by atoms with van der Waals surface area (Å²) >= 11 is 0. The minimum Gasteiger partial charge on any atom is -0.480 e. The van der Waals surface area contributed by atoms with Gasteiger partial charge in [0, 0.05) is 25.1 Å². The summed E-state index contributed by atoms with van der Waals surface area (Å²) in [5.41, 5.74) is 2.04. The summed E-state index contributed by atoms with van der Waals surface area (Å²) in [7, 11) is 2.99. The normalized spacial score (nSPS) is 10.4. The van der Waals surface area contributed by atoms with E-state index in [0.29, 0.717) is 29.5 Å². The number of benzene rings is 1. The summed E-state index contributed by atoms with van der Waals surface area (Å²) < 4.78 is 23.3. The first-order valence-corrected chi connectivity index (χ1v) is 7.46. The van der Waals surface area contributed by atoms with Gasteiger partial charge in [0.2, 0.25) is 5.88 Å². The molecule has 0 spiro atoms. The van der Waals surface area contributed by atoms with E-state index in [0.717, 1.165) is 5.56 Å². The zero-order chi connectivity index (χ0) is 17.6. The molecule has 8 heteroatoms. The van der Waals surface area contributed by atoms with Crippen molar-refractivity contribution in [3.63, 3.8) is 0 Å². The molecule has 2 aromatic heterocycles. The Morgan fingerprint density at radius 1 is 1.00 bits per heavy atom. The molecule has 0 unspecified atom stereocenters. The highest BCUT2D eigenvalue weighted by Gasteiger charge is 2.16. The second kappa shape index (κ2) is 7.52. The molecule has 7 nitrogen and oxygen atoms in total. The number of hydrogen-bond donors (Lipinski definition) is 1. The van der Waals surface area contributed by atoms with E-state index < -0.39 is 0 Å². The van der Waals surface area contributed by atoms with Crippen LogP contribution in [0.2, 0.25) is 0 Å². The first kappa shape index (κ1) is 16.6. The van der Waals surface area contributed by atoms with Crippen molar-refractivity contribution in [2.45, 2.75) is 6.54 Å². The lowest BCUT2D eigenvalue weighted by molar-refractivity contribution is 0.353. The Labute approximate surface area is 143 Å². The van der Waals surface area contributed by atoms with Crippen LogP contribution < -0.4 is 14.8 Å². The van der Waals surface area contributed by atoms with Gasteiger partial charge in [0.1, 0.15) is 11.5 Å². The highest BCUT2D eigenvalue weighted by atomic mass is 19.1. The molecule has 0 bridgehead atoms. The van der Waals surface area contributed by atoms with Gasteiger partial charge < -0.3 is 14.8 Å². The molecule has 3 rings (SSSR count). The summed E-state index contributed by atoms with van der Waals surface area (Å²) in [6.07, 6.45) is 4.72. The van der Waals surface area contributed by atoms with Gasteiger partial charge in [-0.25, -0.2) is 14.4 Å². The zero-order valence-electron chi connectivity index (χ0n) is 13.7. The number of ether oxygens (including phenoxy) is 2. The van der Waals surface area contributed by atoms with Gasteiger partial charge in [0.25, 0.3) is 0 Å². The van der Waals surface area contributed by atoms with Crippen LogP contribution in [0.15, 0.2) is 42.9 Å². The van der Waals surface area contributed by atoms with Gasteiger partial charge in [-0.15, -0.1) is 0 Å². The van der Waals surface area contributed by atoms with Crippen molar-refractivity contribution < 1.29 is 13.9 Å². The molecule has 0 amide bonds. The lowest BCUT2D eigenvalue weighted by atomic mass is 10.2. The molecule has 1 N–H and O–H groups in total. The van der Waals surface area contributed by atoms with E-state index in [1.807, 2.05) is 0 Å². The van der Waals surface area contributed by atoms with E-state index in [4.69, 9.17) is 9.47 Å². The predicted molar refractivity (Wildman–Crippen MR) is 89.9 cm³/mol. The number of methoxy groups -OCH3 is 2. The average molecular weight is 341 g/mol. The largest absolute Gasteiger partial charge is 0.480 e. The molecule has 3 aromatic rings. The van der Waals surface area contributed by atoms with Crippen molar-refractivity contribution in [2.75, 3.05) is 19.5 Å². The Morgan fingerprint density at radius 2 is 1.76 bits per heavy atom. The van der Waals surface area contributed by atoms with E-state index in [1.54, 1.807) is 30.7 Å². The minimum absolute atomic E-state index is 0.199. The van der Waals surface area contributed by atoms with Crippen LogP contribution in [0.5, 0.6) is 11.9 Å². The summed E-state index contributed by atoms with van der Waals surface area (Å²) in [5.74, 6) is 0.597. The number of nitrogens with zero attached hydrogens (tertiary/aromatic N) is 4. The van der Waals surface area contributed by atoms with Crippen LogP contribution >= 0.6 is 0 Å². The second-order valence-electron chi connectivity index (χ2n) is 5.01. The highest BCUT2D eigenvalue weighted by molar-refractivity contribution is 5.74. The molecule has 0 fully saturated rings. The molecule has 0 atom stereocenters. The molecule has 2 heterocycles. The molecule has 0 aliphatic heterocycles.